The van der Waals surface area contributed by atoms with E-state index in [0.29, 0.717) is 35.6 Å². The smallest absolute Gasteiger partial charge is 0.421 e. The highest BCUT2D eigenvalue weighted by atomic mass is 32.2. The summed E-state index contributed by atoms with van der Waals surface area (Å²) in [6.07, 6.45) is 3.11. The number of nitrogens with zero attached hydrogens (tertiary/aromatic N) is 2. The number of imidazole rings is 1. The Morgan fingerprint density at radius 2 is 1.97 bits per heavy atom. The molecule has 0 aliphatic heterocycles. The van der Waals surface area contributed by atoms with Crippen LogP contribution in [0.2, 0.25) is 0 Å². The Kier molecular flexibility index (Phi) is 8.14. The van der Waals surface area contributed by atoms with Crippen LogP contribution in [0.1, 0.15) is 56.8 Å². The monoisotopic (exact) mass is 507 g/mol. The number of carbonyl (C=O) groups is 1. The molecule has 0 bridgehead atoms. The number of thiophene rings is 1. The third-order valence-electron chi connectivity index (χ3n) is 5.06. The van der Waals surface area contributed by atoms with Gasteiger partial charge in [0.1, 0.15) is 15.9 Å². The van der Waals surface area contributed by atoms with Crippen molar-refractivity contribution in [3.05, 3.63) is 58.7 Å². The fourth-order valence-electron chi connectivity index (χ4n) is 3.63. The summed E-state index contributed by atoms with van der Waals surface area (Å²) in [5, 5.41) is 0. The van der Waals surface area contributed by atoms with E-state index in [1.54, 1.807) is 31.3 Å². The van der Waals surface area contributed by atoms with Crippen molar-refractivity contribution in [2.24, 2.45) is 5.92 Å². The van der Waals surface area contributed by atoms with Crippen molar-refractivity contribution in [1.82, 2.24) is 14.3 Å². The number of hydrogen-bond acceptors (Lipinski definition) is 6. The first-order valence-electron chi connectivity index (χ1n) is 11.1. The van der Waals surface area contributed by atoms with Crippen LogP contribution in [-0.4, -0.2) is 30.7 Å². The fourth-order valence-corrected chi connectivity index (χ4v) is 6.47. The molecule has 3 aromatic rings. The quantitative estimate of drug-likeness (QED) is 0.410. The van der Waals surface area contributed by atoms with E-state index in [0.717, 1.165) is 22.0 Å². The number of nitrogens with one attached hydrogen (secondary N) is 1. The predicted octanol–water partition coefficient (Wildman–Crippen LogP) is 5.56. The molecular weight excluding hydrogens is 477 g/mol. The molecule has 1 N–H and O–H groups in total. The zero-order chi connectivity index (χ0) is 25.0. The molecule has 34 heavy (non-hydrogen) atoms. The number of halogens is 1. The lowest BCUT2D eigenvalue weighted by atomic mass is 10.0. The number of rotatable bonds is 9. The lowest BCUT2D eigenvalue weighted by molar-refractivity contribution is 0.158. The number of sulfonamides is 1. The average Bonchev–Trinajstić information content (AvgIpc) is 3.36. The van der Waals surface area contributed by atoms with Crippen molar-refractivity contribution in [2.45, 2.75) is 57.7 Å². The van der Waals surface area contributed by atoms with E-state index in [4.69, 9.17) is 4.74 Å². The molecule has 0 radical (unpaired) electrons. The third kappa shape index (κ3) is 6.04. The minimum Gasteiger partial charge on any atom is -0.449 e. The van der Waals surface area contributed by atoms with Gasteiger partial charge in [0.15, 0.2) is 0 Å². The van der Waals surface area contributed by atoms with Gasteiger partial charge in [-0.2, -0.15) is 0 Å². The van der Waals surface area contributed by atoms with Gasteiger partial charge in [-0.05, 0) is 37.0 Å². The van der Waals surface area contributed by atoms with Crippen LogP contribution >= 0.6 is 11.3 Å². The van der Waals surface area contributed by atoms with E-state index in [1.165, 1.54) is 6.07 Å². The second-order valence-electron chi connectivity index (χ2n) is 8.71. The Balaban J connectivity index is 1.99. The van der Waals surface area contributed by atoms with Gasteiger partial charge in [-0.15, -0.1) is 11.3 Å². The molecule has 184 valence electrons. The molecule has 0 saturated heterocycles. The van der Waals surface area contributed by atoms with E-state index < -0.39 is 21.9 Å². The van der Waals surface area contributed by atoms with Crippen molar-refractivity contribution in [3.8, 4) is 11.1 Å². The molecule has 1 aromatic carbocycles. The fraction of sp³-hybridized carbons (Fsp3) is 0.417. The first kappa shape index (κ1) is 25.9. The second-order valence-corrected chi connectivity index (χ2v) is 11.7. The standard InChI is InChI=1S/C24H30FN3O4S2/c1-6-32-24(29)27-34(30,31)23-20(13-19(33-23)11-15(2)3)17-7-8-18(21(25)12-17)14-28-10-9-26-22(28)16(4)5/h7-10,12-13,15-16H,6,11,14H2,1-5H3,(H,27,29). The summed E-state index contributed by atoms with van der Waals surface area (Å²) < 4.78 is 49.6. The predicted molar refractivity (Wildman–Crippen MR) is 131 cm³/mol. The van der Waals surface area contributed by atoms with Gasteiger partial charge in [0, 0.05) is 34.3 Å². The second kappa shape index (κ2) is 10.7. The average molecular weight is 508 g/mol. The van der Waals surface area contributed by atoms with Crippen LogP contribution in [-0.2, 0) is 27.7 Å². The van der Waals surface area contributed by atoms with Gasteiger partial charge in [0.2, 0.25) is 0 Å². The first-order chi connectivity index (χ1) is 16.0. The summed E-state index contributed by atoms with van der Waals surface area (Å²) in [7, 11) is -4.20. The van der Waals surface area contributed by atoms with Crippen LogP contribution in [0.3, 0.4) is 0 Å². The van der Waals surface area contributed by atoms with Crippen molar-refractivity contribution in [3.63, 3.8) is 0 Å². The van der Waals surface area contributed by atoms with Crippen molar-refractivity contribution in [2.75, 3.05) is 6.61 Å². The molecular formula is C24H30FN3O4S2. The van der Waals surface area contributed by atoms with Crippen molar-refractivity contribution in [1.29, 1.82) is 0 Å². The zero-order valence-electron chi connectivity index (χ0n) is 20.0. The molecule has 0 atom stereocenters. The Bertz CT molecular complexity index is 1260. The summed E-state index contributed by atoms with van der Waals surface area (Å²) in [5.74, 6) is 0.906. The van der Waals surface area contributed by atoms with E-state index in [1.807, 2.05) is 43.2 Å². The van der Waals surface area contributed by atoms with Gasteiger partial charge in [0.25, 0.3) is 10.0 Å². The summed E-state index contributed by atoms with van der Waals surface area (Å²) in [4.78, 5) is 17.0. The summed E-state index contributed by atoms with van der Waals surface area (Å²) in [6, 6.07) is 6.45. The maximum absolute atomic E-state index is 15.1. The summed E-state index contributed by atoms with van der Waals surface area (Å²) >= 11 is 1.08. The lowest BCUT2D eigenvalue weighted by Crippen LogP contribution is -2.30. The van der Waals surface area contributed by atoms with Gasteiger partial charge in [-0.3, -0.25) is 0 Å². The lowest BCUT2D eigenvalue weighted by Gasteiger charge is -2.12. The Labute approximate surface area is 204 Å². The van der Waals surface area contributed by atoms with Gasteiger partial charge in [-0.1, -0.05) is 39.8 Å². The van der Waals surface area contributed by atoms with Crippen LogP contribution in [0.15, 0.2) is 40.9 Å². The third-order valence-corrected chi connectivity index (χ3v) is 8.07. The number of carbonyl (C=O) groups excluding carboxylic acids is 1. The van der Waals surface area contributed by atoms with Gasteiger partial charge in [-0.25, -0.2) is 27.3 Å². The van der Waals surface area contributed by atoms with Gasteiger partial charge < -0.3 is 9.30 Å². The minimum absolute atomic E-state index is 0.0410. The molecule has 1 amide bonds. The minimum atomic E-state index is -4.20. The van der Waals surface area contributed by atoms with E-state index in [2.05, 4.69) is 4.98 Å². The van der Waals surface area contributed by atoms with Crippen LogP contribution < -0.4 is 4.72 Å². The van der Waals surface area contributed by atoms with Gasteiger partial charge in [0.05, 0.1) is 13.2 Å². The van der Waals surface area contributed by atoms with E-state index >= 15 is 4.39 Å². The molecule has 0 saturated carbocycles. The highest BCUT2D eigenvalue weighted by Crippen LogP contribution is 2.37. The SMILES string of the molecule is CCOC(=O)NS(=O)(=O)c1sc(CC(C)C)cc1-c1ccc(Cn2ccnc2C(C)C)c(F)c1. The number of hydrogen-bond donors (Lipinski definition) is 1. The number of aromatic nitrogens is 2. The Hall–Kier alpha value is -2.72. The molecule has 2 aromatic heterocycles. The molecule has 2 heterocycles. The Morgan fingerprint density at radius 3 is 2.59 bits per heavy atom. The molecule has 0 aliphatic carbocycles. The molecule has 0 unspecified atom stereocenters. The highest BCUT2D eigenvalue weighted by Gasteiger charge is 2.26. The van der Waals surface area contributed by atoms with Crippen LogP contribution in [0.25, 0.3) is 11.1 Å². The van der Waals surface area contributed by atoms with Crippen LogP contribution in [0.4, 0.5) is 9.18 Å². The van der Waals surface area contributed by atoms with Gasteiger partial charge >= 0.3 is 6.09 Å². The molecule has 0 aliphatic rings. The maximum Gasteiger partial charge on any atom is 0.421 e. The molecule has 3 rings (SSSR count). The topological polar surface area (TPSA) is 90.3 Å². The summed E-state index contributed by atoms with van der Waals surface area (Å²) in [6.45, 7) is 10.0. The molecule has 10 heteroatoms. The first-order valence-corrected chi connectivity index (χ1v) is 13.4. The normalized spacial score (nSPS) is 11.9. The zero-order valence-corrected chi connectivity index (χ0v) is 21.6. The van der Waals surface area contributed by atoms with E-state index in [-0.39, 0.29) is 16.7 Å². The van der Waals surface area contributed by atoms with E-state index in [9.17, 15) is 13.2 Å². The number of ether oxygens (including phenoxy) is 1. The van der Waals surface area contributed by atoms with Crippen molar-refractivity contribution < 1.29 is 22.3 Å². The highest BCUT2D eigenvalue weighted by molar-refractivity contribution is 7.92. The number of amides is 1. The van der Waals surface area contributed by atoms with Crippen molar-refractivity contribution >= 4 is 27.5 Å². The Morgan fingerprint density at radius 1 is 1.24 bits per heavy atom. The molecule has 0 fully saturated rings. The van der Waals surface area contributed by atoms with Crippen LogP contribution in [0, 0.1) is 11.7 Å². The largest absolute Gasteiger partial charge is 0.449 e. The molecule has 7 nitrogen and oxygen atoms in total. The summed E-state index contributed by atoms with van der Waals surface area (Å²) in [5.41, 5.74) is 1.25. The number of benzene rings is 1. The van der Waals surface area contributed by atoms with Crippen LogP contribution in [0.5, 0.6) is 0 Å². The maximum atomic E-state index is 15.1. The molecule has 0 spiro atoms.